The van der Waals surface area contributed by atoms with Crippen LogP contribution in [0.15, 0.2) is 48.5 Å². The van der Waals surface area contributed by atoms with Crippen molar-refractivity contribution >= 4 is 21.5 Å². The molecule has 4 rings (SSSR count). The van der Waals surface area contributed by atoms with E-state index in [-0.39, 0.29) is 6.29 Å². The molecule has 0 saturated carbocycles. The van der Waals surface area contributed by atoms with E-state index in [1.165, 1.54) is 27.1 Å². The molecule has 1 atom stereocenters. The van der Waals surface area contributed by atoms with Gasteiger partial charge in [-0.15, -0.1) is 0 Å². The first-order chi connectivity index (χ1) is 9.36. The van der Waals surface area contributed by atoms with Gasteiger partial charge in [-0.1, -0.05) is 36.4 Å². The molecule has 0 radical (unpaired) electrons. The maximum atomic E-state index is 5.63. The predicted octanol–water partition coefficient (Wildman–Crippen LogP) is 4.17. The summed E-state index contributed by atoms with van der Waals surface area (Å²) in [5.74, 6) is 0. The van der Waals surface area contributed by atoms with Crippen molar-refractivity contribution in [3.63, 3.8) is 0 Å². The van der Waals surface area contributed by atoms with Gasteiger partial charge in [0.05, 0.1) is 6.61 Å². The van der Waals surface area contributed by atoms with Gasteiger partial charge in [-0.05, 0) is 39.2 Å². The molecule has 0 fully saturated rings. The lowest BCUT2D eigenvalue weighted by molar-refractivity contribution is -0.118. The highest BCUT2D eigenvalue weighted by Gasteiger charge is 2.23. The maximum absolute atomic E-state index is 5.63. The van der Waals surface area contributed by atoms with Gasteiger partial charge in [0.1, 0.15) is 0 Å². The molecule has 1 heterocycles. The minimum absolute atomic E-state index is 0.217. The van der Waals surface area contributed by atoms with Crippen LogP contribution in [-0.2, 0) is 16.1 Å². The third-order valence-electron chi connectivity index (χ3n) is 3.86. The zero-order chi connectivity index (χ0) is 12.8. The van der Waals surface area contributed by atoms with E-state index in [4.69, 9.17) is 9.47 Å². The summed E-state index contributed by atoms with van der Waals surface area (Å²) in [4.78, 5) is 0. The van der Waals surface area contributed by atoms with E-state index in [9.17, 15) is 0 Å². The molecule has 19 heavy (non-hydrogen) atoms. The first-order valence-corrected chi connectivity index (χ1v) is 6.45. The molecule has 0 aromatic heterocycles. The second kappa shape index (κ2) is 4.05. The molecule has 0 aliphatic carbocycles. The Balaban J connectivity index is 2.07. The summed E-state index contributed by atoms with van der Waals surface area (Å²) < 4.78 is 11.0. The van der Waals surface area contributed by atoms with Gasteiger partial charge < -0.3 is 9.47 Å². The van der Waals surface area contributed by atoms with Crippen LogP contribution in [0.25, 0.3) is 21.5 Å². The van der Waals surface area contributed by atoms with Gasteiger partial charge in [-0.3, -0.25) is 0 Å². The number of ether oxygens (including phenoxy) is 2. The smallest absolute Gasteiger partial charge is 0.184 e. The molecule has 1 aliphatic rings. The van der Waals surface area contributed by atoms with Gasteiger partial charge >= 0.3 is 0 Å². The van der Waals surface area contributed by atoms with Crippen LogP contribution >= 0.6 is 0 Å². The molecule has 0 spiro atoms. The van der Waals surface area contributed by atoms with E-state index in [0.717, 1.165) is 5.56 Å². The number of hydrogen-bond donors (Lipinski definition) is 0. The molecule has 0 saturated heterocycles. The normalized spacial score (nSPS) is 18.1. The Kier molecular flexibility index (Phi) is 2.34. The SMILES string of the molecule is COC1OCc2cc3c(ccc4ccccc43)cc21. The lowest BCUT2D eigenvalue weighted by atomic mass is 9.97. The van der Waals surface area contributed by atoms with Crippen LogP contribution in [0, 0.1) is 0 Å². The summed E-state index contributed by atoms with van der Waals surface area (Å²) in [5.41, 5.74) is 2.39. The van der Waals surface area contributed by atoms with Gasteiger partial charge in [0.2, 0.25) is 0 Å². The topological polar surface area (TPSA) is 18.5 Å². The Morgan fingerprint density at radius 1 is 1.00 bits per heavy atom. The van der Waals surface area contributed by atoms with E-state index in [2.05, 4.69) is 48.5 Å². The van der Waals surface area contributed by atoms with Crippen LogP contribution < -0.4 is 0 Å². The van der Waals surface area contributed by atoms with Crippen LogP contribution in [0.3, 0.4) is 0 Å². The fraction of sp³-hybridized carbons (Fsp3) is 0.176. The van der Waals surface area contributed by atoms with Crippen molar-refractivity contribution in [3.8, 4) is 0 Å². The summed E-state index contributed by atoms with van der Waals surface area (Å²) in [5, 5.41) is 5.10. The lowest BCUT2D eigenvalue weighted by Crippen LogP contribution is -1.97. The molecule has 0 amide bonds. The van der Waals surface area contributed by atoms with Crippen molar-refractivity contribution in [2.45, 2.75) is 12.9 Å². The summed E-state index contributed by atoms with van der Waals surface area (Å²) >= 11 is 0. The molecule has 2 heteroatoms. The monoisotopic (exact) mass is 250 g/mol. The molecule has 0 N–H and O–H groups in total. The summed E-state index contributed by atoms with van der Waals surface area (Å²) in [6, 6.07) is 17.3. The molecule has 94 valence electrons. The highest BCUT2D eigenvalue weighted by atomic mass is 16.7. The van der Waals surface area contributed by atoms with E-state index < -0.39 is 0 Å². The molecular formula is C17H14O2. The van der Waals surface area contributed by atoms with Gasteiger partial charge in [0.15, 0.2) is 6.29 Å². The van der Waals surface area contributed by atoms with E-state index in [0.29, 0.717) is 6.61 Å². The Morgan fingerprint density at radius 2 is 1.84 bits per heavy atom. The van der Waals surface area contributed by atoms with Gasteiger partial charge in [0.25, 0.3) is 0 Å². The number of benzene rings is 3. The standard InChI is InChI=1S/C17H14O2/c1-18-17-16-8-12-7-6-11-4-2-3-5-14(11)15(12)9-13(16)10-19-17/h2-9,17H,10H2,1H3. The molecule has 1 aliphatic heterocycles. The predicted molar refractivity (Wildman–Crippen MR) is 76.0 cm³/mol. The number of hydrogen-bond acceptors (Lipinski definition) is 2. The minimum atomic E-state index is -0.217. The molecule has 3 aromatic rings. The van der Waals surface area contributed by atoms with Crippen LogP contribution in [-0.4, -0.2) is 7.11 Å². The second-order valence-electron chi connectivity index (χ2n) is 4.94. The van der Waals surface area contributed by atoms with Crippen LogP contribution in [0.5, 0.6) is 0 Å². The fourth-order valence-electron chi connectivity index (χ4n) is 2.91. The number of rotatable bonds is 1. The zero-order valence-corrected chi connectivity index (χ0v) is 10.7. The van der Waals surface area contributed by atoms with Crippen molar-refractivity contribution in [2.24, 2.45) is 0 Å². The Labute approximate surface area is 111 Å². The van der Waals surface area contributed by atoms with Crippen molar-refractivity contribution in [1.82, 2.24) is 0 Å². The van der Waals surface area contributed by atoms with Crippen LogP contribution in [0.2, 0.25) is 0 Å². The lowest BCUT2D eigenvalue weighted by Gasteiger charge is -2.10. The largest absolute Gasteiger partial charge is 0.352 e. The quantitative estimate of drug-likeness (QED) is 0.603. The first-order valence-electron chi connectivity index (χ1n) is 6.45. The van der Waals surface area contributed by atoms with Crippen molar-refractivity contribution < 1.29 is 9.47 Å². The van der Waals surface area contributed by atoms with Crippen molar-refractivity contribution in [3.05, 3.63) is 59.7 Å². The van der Waals surface area contributed by atoms with Gasteiger partial charge in [-0.25, -0.2) is 0 Å². The molecule has 2 nitrogen and oxygen atoms in total. The average Bonchev–Trinajstić information content (AvgIpc) is 2.87. The molecule has 1 unspecified atom stereocenters. The zero-order valence-electron chi connectivity index (χ0n) is 10.7. The third kappa shape index (κ3) is 1.57. The Hall–Kier alpha value is -1.90. The van der Waals surface area contributed by atoms with Gasteiger partial charge in [0, 0.05) is 12.7 Å². The maximum Gasteiger partial charge on any atom is 0.184 e. The first kappa shape index (κ1) is 11.0. The average molecular weight is 250 g/mol. The Morgan fingerprint density at radius 3 is 2.74 bits per heavy atom. The summed E-state index contributed by atoms with van der Waals surface area (Å²) in [6.45, 7) is 0.632. The Bertz CT molecular complexity index is 777. The minimum Gasteiger partial charge on any atom is -0.352 e. The van der Waals surface area contributed by atoms with Crippen molar-refractivity contribution in [2.75, 3.05) is 7.11 Å². The molecule has 0 bridgehead atoms. The van der Waals surface area contributed by atoms with Crippen LogP contribution in [0.4, 0.5) is 0 Å². The van der Waals surface area contributed by atoms with Gasteiger partial charge in [-0.2, -0.15) is 0 Å². The molecule has 3 aromatic carbocycles. The van der Waals surface area contributed by atoms with E-state index in [1.54, 1.807) is 7.11 Å². The fourth-order valence-corrected chi connectivity index (χ4v) is 2.91. The van der Waals surface area contributed by atoms with E-state index in [1.807, 2.05) is 0 Å². The van der Waals surface area contributed by atoms with Crippen molar-refractivity contribution in [1.29, 1.82) is 0 Å². The van der Waals surface area contributed by atoms with E-state index >= 15 is 0 Å². The molecular weight excluding hydrogens is 236 g/mol. The summed E-state index contributed by atoms with van der Waals surface area (Å²) in [6.07, 6.45) is -0.217. The number of fused-ring (bicyclic) bond motifs is 4. The highest BCUT2D eigenvalue weighted by Crippen LogP contribution is 2.36. The second-order valence-corrected chi connectivity index (χ2v) is 4.94. The van der Waals surface area contributed by atoms with Crippen LogP contribution in [0.1, 0.15) is 17.4 Å². The highest BCUT2D eigenvalue weighted by molar-refractivity contribution is 6.07. The summed E-state index contributed by atoms with van der Waals surface area (Å²) in [7, 11) is 1.68. The third-order valence-corrected chi connectivity index (χ3v) is 3.86. The number of methoxy groups -OCH3 is 1.